The van der Waals surface area contributed by atoms with E-state index in [1.165, 1.54) is 0 Å². The van der Waals surface area contributed by atoms with E-state index in [1.54, 1.807) is 12.3 Å². The fourth-order valence-electron chi connectivity index (χ4n) is 2.93. The highest BCUT2D eigenvalue weighted by atomic mass is 35.5. The molecule has 0 saturated heterocycles. The Kier molecular flexibility index (Phi) is 4.90. The van der Waals surface area contributed by atoms with Crippen molar-refractivity contribution in [3.63, 3.8) is 0 Å². The number of fused-ring (bicyclic) bond motifs is 1. The Hall–Kier alpha value is -1.84. The molecule has 1 aliphatic heterocycles. The van der Waals surface area contributed by atoms with Crippen LogP contribution >= 0.6 is 23.2 Å². The monoisotopic (exact) mass is 373 g/mol. The number of benzene rings is 1. The van der Waals surface area contributed by atoms with E-state index in [4.69, 9.17) is 28.2 Å². The second kappa shape index (κ2) is 6.81. The van der Waals surface area contributed by atoms with Gasteiger partial charge in [0.15, 0.2) is 5.82 Å². The van der Waals surface area contributed by atoms with Gasteiger partial charge in [-0.05, 0) is 38.0 Å². The molecular weight excluding hydrogens is 353 g/mol. The fraction of sp³-hybridized carbons (Fsp3) is 0.300. The van der Waals surface area contributed by atoms with E-state index in [2.05, 4.69) is 37.2 Å². The second-order valence-corrected chi connectivity index (χ2v) is 7.50. The first-order chi connectivity index (χ1) is 11.8. The third-order valence-electron chi connectivity index (χ3n) is 4.71. The highest BCUT2D eigenvalue weighted by Gasteiger charge is 2.30. The van der Waals surface area contributed by atoms with Gasteiger partial charge in [-0.25, -0.2) is 9.98 Å². The van der Waals surface area contributed by atoms with Gasteiger partial charge in [0.1, 0.15) is 5.69 Å². The first-order valence-corrected chi connectivity index (χ1v) is 9.05. The lowest BCUT2D eigenvalue weighted by Crippen LogP contribution is -2.40. The number of hydrogen-bond acceptors (Lipinski definition) is 3. The summed E-state index contributed by atoms with van der Waals surface area (Å²) in [6, 6.07) is 7.70. The molecular formula is C20H21Cl2N3. The van der Waals surface area contributed by atoms with Crippen molar-refractivity contribution in [3.8, 4) is 11.1 Å². The summed E-state index contributed by atoms with van der Waals surface area (Å²) >= 11 is 12.5. The van der Waals surface area contributed by atoms with Crippen molar-refractivity contribution in [1.29, 1.82) is 0 Å². The van der Waals surface area contributed by atoms with Crippen molar-refractivity contribution >= 4 is 40.4 Å². The number of allylic oxidation sites excluding steroid dienone is 1. The van der Waals surface area contributed by atoms with Crippen LogP contribution in [0.2, 0.25) is 10.0 Å². The van der Waals surface area contributed by atoms with Gasteiger partial charge in [-0.15, -0.1) is 0 Å². The van der Waals surface area contributed by atoms with Crippen LogP contribution in [0.25, 0.3) is 11.1 Å². The Morgan fingerprint density at radius 3 is 2.44 bits per heavy atom. The van der Waals surface area contributed by atoms with E-state index in [-0.39, 0.29) is 6.04 Å². The molecule has 2 aromatic rings. The lowest BCUT2D eigenvalue weighted by molar-refractivity contribution is 0.508. The Morgan fingerprint density at radius 2 is 1.80 bits per heavy atom. The van der Waals surface area contributed by atoms with Gasteiger partial charge in [-0.2, -0.15) is 0 Å². The SMILES string of the molecule is C=C1C(C)=Nc2c(-c3ccc(Cl)cc3Cl)ccnc2N1C(C)C(C)C. The lowest BCUT2D eigenvalue weighted by Gasteiger charge is -2.37. The van der Waals surface area contributed by atoms with E-state index >= 15 is 0 Å². The molecule has 5 heteroatoms. The van der Waals surface area contributed by atoms with Crippen molar-refractivity contribution in [2.75, 3.05) is 4.90 Å². The predicted octanol–water partition coefficient (Wildman–Crippen LogP) is 6.53. The summed E-state index contributed by atoms with van der Waals surface area (Å²) in [6.45, 7) is 12.8. The van der Waals surface area contributed by atoms with Crippen LogP contribution in [0.5, 0.6) is 0 Å². The second-order valence-electron chi connectivity index (χ2n) is 6.65. The van der Waals surface area contributed by atoms with Gasteiger partial charge < -0.3 is 4.90 Å². The third-order valence-corrected chi connectivity index (χ3v) is 5.26. The molecule has 3 nitrogen and oxygen atoms in total. The van der Waals surface area contributed by atoms with Crippen LogP contribution in [0.15, 0.2) is 47.7 Å². The van der Waals surface area contributed by atoms with Crippen molar-refractivity contribution in [3.05, 3.63) is 52.8 Å². The van der Waals surface area contributed by atoms with Gasteiger partial charge in [0, 0.05) is 33.4 Å². The van der Waals surface area contributed by atoms with E-state index in [1.807, 2.05) is 25.1 Å². The maximum absolute atomic E-state index is 6.44. The van der Waals surface area contributed by atoms with E-state index in [0.717, 1.165) is 34.0 Å². The highest BCUT2D eigenvalue weighted by molar-refractivity contribution is 6.36. The fourth-order valence-corrected chi connectivity index (χ4v) is 3.44. The predicted molar refractivity (Wildman–Crippen MR) is 108 cm³/mol. The molecule has 130 valence electrons. The van der Waals surface area contributed by atoms with E-state index < -0.39 is 0 Å². The van der Waals surface area contributed by atoms with Crippen LogP contribution in [0.1, 0.15) is 27.7 Å². The summed E-state index contributed by atoms with van der Waals surface area (Å²) in [7, 11) is 0. The van der Waals surface area contributed by atoms with Crippen molar-refractivity contribution < 1.29 is 0 Å². The molecule has 25 heavy (non-hydrogen) atoms. The number of hydrogen-bond donors (Lipinski definition) is 0. The van der Waals surface area contributed by atoms with E-state index in [0.29, 0.717) is 16.0 Å². The third kappa shape index (κ3) is 3.19. The molecule has 0 amide bonds. The molecule has 1 aliphatic rings. The van der Waals surface area contributed by atoms with Crippen LogP contribution in [0, 0.1) is 5.92 Å². The van der Waals surface area contributed by atoms with Crippen molar-refractivity contribution in [1.82, 2.24) is 4.98 Å². The molecule has 0 aliphatic carbocycles. The van der Waals surface area contributed by atoms with Crippen LogP contribution in [-0.2, 0) is 0 Å². The lowest BCUT2D eigenvalue weighted by atomic mass is 9.99. The molecule has 1 aromatic carbocycles. The summed E-state index contributed by atoms with van der Waals surface area (Å²) in [4.78, 5) is 11.6. The Bertz CT molecular complexity index is 871. The number of aliphatic imine (C=N–C) groups is 1. The molecule has 1 atom stereocenters. The standard InChI is InChI=1S/C20H21Cl2N3/c1-11(2)13(4)25-14(5)12(3)24-19-17(8-9-23-20(19)25)16-7-6-15(21)10-18(16)22/h6-11,13H,5H2,1-4H3. The molecule has 0 saturated carbocycles. The maximum atomic E-state index is 6.44. The normalized spacial score (nSPS) is 15.2. The summed E-state index contributed by atoms with van der Waals surface area (Å²) in [5, 5.41) is 1.21. The molecule has 3 rings (SSSR count). The molecule has 0 fully saturated rings. The number of nitrogens with zero attached hydrogens (tertiary/aromatic N) is 3. The number of halogens is 2. The van der Waals surface area contributed by atoms with Gasteiger partial charge in [0.05, 0.1) is 11.4 Å². The zero-order valence-electron chi connectivity index (χ0n) is 14.8. The van der Waals surface area contributed by atoms with Gasteiger partial charge >= 0.3 is 0 Å². The molecule has 0 bridgehead atoms. The van der Waals surface area contributed by atoms with Gasteiger partial charge in [-0.3, -0.25) is 0 Å². The average molecular weight is 374 g/mol. The van der Waals surface area contributed by atoms with Gasteiger partial charge in [0.25, 0.3) is 0 Å². The van der Waals surface area contributed by atoms with E-state index in [9.17, 15) is 0 Å². The first kappa shape index (κ1) is 18.0. The Morgan fingerprint density at radius 1 is 1.08 bits per heavy atom. The van der Waals surface area contributed by atoms with Crippen LogP contribution < -0.4 is 4.90 Å². The minimum atomic E-state index is 0.250. The summed E-state index contributed by atoms with van der Waals surface area (Å²) in [5.74, 6) is 1.26. The zero-order chi connectivity index (χ0) is 18.3. The summed E-state index contributed by atoms with van der Waals surface area (Å²) in [6.07, 6.45) is 1.79. The van der Waals surface area contributed by atoms with Gasteiger partial charge in [-0.1, -0.05) is 49.7 Å². The van der Waals surface area contributed by atoms with Crippen LogP contribution in [0.3, 0.4) is 0 Å². The minimum absolute atomic E-state index is 0.250. The Labute approximate surface area is 159 Å². The zero-order valence-corrected chi connectivity index (χ0v) is 16.4. The molecule has 0 radical (unpaired) electrons. The van der Waals surface area contributed by atoms with Crippen molar-refractivity contribution in [2.45, 2.75) is 33.7 Å². The molecule has 0 N–H and O–H groups in total. The minimum Gasteiger partial charge on any atom is -0.320 e. The average Bonchev–Trinajstić information content (AvgIpc) is 2.55. The van der Waals surface area contributed by atoms with Crippen molar-refractivity contribution in [2.24, 2.45) is 10.9 Å². The van der Waals surface area contributed by atoms with Crippen LogP contribution in [0.4, 0.5) is 11.5 Å². The quantitative estimate of drug-likeness (QED) is 0.611. The molecule has 1 unspecified atom stereocenters. The van der Waals surface area contributed by atoms with Gasteiger partial charge in [0.2, 0.25) is 0 Å². The smallest absolute Gasteiger partial charge is 0.159 e. The molecule has 2 heterocycles. The molecule has 0 spiro atoms. The number of rotatable bonds is 3. The molecule has 1 aromatic heterocycles. The highest BCUT2D eigenvalue weighted by Crippen LogP contribution is 2.44. The largest absolute Gasteiger partial charge is 0.320 e. The number of pyridine rings is 1. The summed E-state index contributed by atoms with van der Waals surface area (Å²) in [5.41, 5.74) is 4.44. The maximum Gasteiger partial charge on any atom is 0.159 e. The Balaban J connectivity index is 2.23. The van der Waals surface area contributed by atoms with Crippen LogP contribution in [-0.4, -0.2) is 16.7 Å². The summed E-state index contributed by atoms with van der Waals surface area (Å²) < 4.78 is 0. The topological polar surface area (TPSA) is 28.5 Å². The first-order valence-electron chi connectivity index (χ1n) is 8.29. The number of aromatic nitrogens is 1. The number of anilines is 1.